The van der Waals surface area contributed by atoms with E-state index in [1.165, 1.54) is 10.6 Å². The molecule has 2 aliphatic rings. The number of hydrogen-bond acceptors (Lipinski definition) is 7. The first-order valence-electron chi connectivity index (χ1n) is 9.17. The van der Waals surface area contributed by atoms with E-state index in [0.717, 1.165) is 31.9 Å². The first-order valence-corrected chi connectivity index (χ1v) is 9.17. The average molecular weight is 369 g/mol. The summed E-state index contributed by atoms with van der Waals surface area (Å²) in [6, 6.07) is 10.2. The summed E-state index contributed by atoms with van der Waals surface area (Å²) in [5.41, 5.74) is 2.35. The fraction of sp³-hybridized carbons (Fsp3) is 0.421. The summed E-state index contributed by atoms with van der Waals surface area (Å²) in [5, 5.41) is 3.30. The summed E-state index contributed by atoms with van der Waals surface area (Å²) in [6.07, 6.45) is 1.27. The summed E-state index contributed by atoms with van der Waals surface area (Å²) < 4.78 is 10.4. The van der Waals surface area contributed by atoms with Crippen LogP contribution in [0, 0.1) is 0 Å². The van der Waals surface area contributed by atoms with Gasteiger partial charge in [0.15, 0.2) is 0 Å². The molecule has 0 aliphatic carbocycles. The lowest BCUT2D eigenvalue weighted by atomic mass is 10.1. The first-order chi connectivity index (χ1) is 13.2. The van der Waals surface area contributed by atoms with Crippen molar-refractivity contribution in [1.82, 2.24) is 9.97 Å². The molecular weight excluding hydrogens is 346 g/mol. The Morgan fingerprint density at radius 3 is 2.56 bits per heavy atom. The molecule has 142 valence electrons. The number of cyclic esters (lactones) is 1. The highest BCUT2D eigenvalue weighted by molar-refractivity contribution is 5.88. The fourth-order valence-electron chi connectivity index (χ4n) is 3.24. The normalized spacial score (nSPS) is 18.3. The van der Waals surface area contributed by atoms with Crippen LogP contribution in [0.3, 0.4) is 0 Å². The smallest absolute Gasteiger partial charge is 0.415 e. The highest BCUT2D eigenvalue weighted by Crippen LogP contribution is 2.23. The van der Waals surface area contributed by atoms with E-state index in [4.69, 9.17) is 9.47 Å². The zero-order chi connectivity index (χ0) is 18.6. The summed E-state index contributed by atoms with van der Waals surface area (Å²) in [7, 11) is 0. The van der Waals surface area contributed by atoms with Gasteiger partial charge < -0.3 is 19.7 Å². The lowest BCUT2D eigenvalue weighted by molar-refractivity contribution is 0.122. The van der Waals surface area contributed by atoms with Crippen molar-refractivity contribution in [3.63, 3.8) is 0 Å². The van der Waals surface area contributed by atoms with Crippen molar-refractivity contribution >= 4 is 23.5 Å². The van der Waals surface area contributed by atoms with E-state index in [9.17, 15) is 4.79 Å². The number of anilines is 3. The Bertz CT molecular complexity index is 792. The Labute approximate surface area is 158 Å². The number of amides is 1. The van der Waals surface area contributed by atoms with Gasteiger partial charge >= 0.3 is 6.09 Å². The van der Waals surface area contributed by atoms with Gasteiger partial charge in [0.1, 0.15) is 12.4 Å². The molecule has 1 unspecified atom stereocenters. The summed E-state index contributed by atoms with van der Waals surface area (Å²) >= 11 is 0. The maximum atomic E-state index is 11.7. The zero-order valence-corrected chi connectivity index (χ0v) is 15.3. The number of benzene rings is 1. The van der Waals surface area contributed by atoms with Crippen LogP contribution in [-0.2, 0) is 9.47 Å². The maximum absolute atomic E-state index is 11.7. The molecule has 1 N–H and O–H groups in total. The number of ether oxygens (including phenoxy) is 2. The molecule has 1 atom stereocenters. The van der Waals surface area contributed by atoms with Gasteiger partial charge in [0, 0.05) is 25.0 Å². The van der Waals surface area contributed by atoms with E-state index < -0.39 is 0 Å². The van der Waals surface area contributed by atoms with Gasteiger partial charge in [-0.3, -0.25) is 4.90 Å². The van der Waals surface area contributed by atoms with Crippen LogP contribution < -0.4 is 15.1 Å². The lowest BCUT2D eigenvalue weighted by Gasteiger charge is -2.29. The Hall–Kier alpha value is -2.87. The quantitative estimate of drug-likeness (QED) is 0.867. The van der Waals surface area contributed by atoms with Gasteiger partial charge in [0.2, 0.25) is 5.95 Å². The van der Waals surface area contributed by atoms with Crippen LogP contribution in [0.2, 0.25) is 0 Å². The third kappa shape index (κ3) is 3.95. The number of hydrogen-bond donors (Lipinski definition) is 1. The van der Waals surface area contributed by atoms with Crippen LogP contribution in [0.15, 0.2) is 36.5 Å². The minimum atomic E-state index is -0.369. The molecule has 1 aromatic heterocycles. The number of carbonyl (C=O) groups excluding carboxylic acids is 1. The molecule has 1 aromatic carbocycles. The highest BCUT2D eigenvalue weighted by Gasteiger charge is 2.25. The third-order valence-corrected chi connectivity index (χ3v) is 4.79. The molecule has 0 saturated carbocycles. The SMILES string of the molecule is CC(Nc1nccc(N2CCOC2=O)n1)c1ccc(N2CCOCC2)cc1. The van der Waals surface area contributed by atoms with Gasteiger partial charge in [0.05, 0.1) is 25.8 Å². The number of aromatic nitrogens is 2. The molecule has 27 heavy (non-hydrogen) atoms. The Kier molecular flexibility index (Phi) is 5.06. The molecule has 0 bridgehead atoms. The van der Waals surface area contributed by atoms with Crippen molar-refractivity contribution in [3.05, 3.63) is 42.1 Å². The number of morpholine rings is 1. The maximum Gasteiger partial charge on any atom is 0.415 e. The van der Waals surface area contributed by atoms with Crippen LogP contribution in [0.4, 0.5) is 22.2 Å². The monoisotopic (exact) mass is 369 g/mol. The minimum Gasteiger partial charge on any atom is -0.447 e. The van der Waals surface area contributed by atoms with E-state index >= 15 is 0 Å². The Morgan fingerprint density at radius 1 is 1.07 bits per heavy atom. The Morgan fingerprint density at radius 2 is 1.85 bits per heavy atom. The molecule has 2 fully saturated rings. The van der Waals surface area contributed by atoms with Crippen LogP contribution in [0.1, 0.15) is 18.5 Å². The molecule has 2 aliphatic heterocycles. The molecular formula is C19H23N5O3. The van der Waals surface area contributed by atoms with Gasteiger partial charge in [-0.25, -0.2) is 9.78 Å². The Balaban J connectivity index is 1.42. The van der Waals surface area contributed by atoms with E-state index in [1.807, 2.05) is 0 Å². The van der Waals surface area contributed by atoms with Crippen LogP contribution in [0.5, 0.6) is 0 Å². The van der Waals surface area contributed by atoms with E-state index in [-0.39, 0.29) is 12.1 Å². The molecule has 4 rings (SSSR count). The third-order valence-electron chi connectivity index (χ3n) is 4.79. The van der Waals surface area contributed by atoms with Crippen LogP contribution in [0.25, 0.3) is 0 Å². The van der Waals surface area contributed by atoms with Crippen molar-refractivity contribution in [2.45, 2.75) is 13.0 Å². The van der Waals surface area contributed by atoms with E-state index in [2.05, 4.69) is 51.4 Å². The predicted octanol–water partition coefficient (Wildman–Crippen LogP) is 2.44. The van der Waals surface area contributed by atoms with Gasteiger partial charge in [0.25, 0.3) is 0 Å². The highest BCUT2D eigenvalue weighted by atomic mass is 16.6. The first kappa shape index (κ1) is 17.5. The molecule has 0 spiro atoms. The second-order valence-corrected chi connectivity index (χ2v) is 6.56. The number of nitrogens with zero attached hydrogens (tertiary/aromatic N) is 4. The molecule has 8 nitrogen and oxygen atoms in total. The van der Waals surface area contributed by atoms with Crippen molar-refractivity contribution in [2.75, 3.05) is 54.6 Å². The number of carbonyl (C=O) groups is 1. The van der Waals surface area contributed by atoms with Crippen molar-refractivity contribution < 1.29 is 14.3 Å². The van der Waals surface area contributed by atoms with Gasteiger partial charge in [-0.15, -0.1) is 0 Å². The second-order valence-electron chi connectivity index (χ2n) is 6.56. The molecule has 2 saturated heterocycles. The number of nitrogens with one attached hydrogen (secondary N) is 1. The van der Waals surface area contributed by atoms with Gasteiger partial charge in [-0.1, -0.05) is 12.1 Å². The molecule has 8 heteroatoms. The average Bonchev–Trinajstić information content (AvgIpc) is 3.15. The molecule has 1 amide bonds. The second kappa shape index (κ2) is 7.79. The summed E-state index contributed by atoms with van der Waals surface area (Å²) in [4.78, 5) is 24.2. The molecule has 0 radical (unpaired) electrons. The van der Waals surface area contributed by atoms with Crippen LogP contribution in [-0.4, -0.2) is 55.5 Å². The predicted molar refractivity (Wildman–Crippen MR) is 102 cm³/mol. The van der Waals surface area contributed by atoms with E-state index in [0.29, 0.717) is 24.9 Å². The van der Waals surface area contributed by atoms with Crippen molar-refractivity contribution in [2.24, 2.45) is 0 Å². The standard InChI is InChI=1S/C19H23N5O3/c1-14(15-2-4-16(5-3-15)23-8-11-26-12-9-23)21-18-20-7-6-17(22-18)24-10-13-27-19(24)25/h2-7,14H,8-13H2,1H3,(H,20,21,22). The topological polar surface area (TPSA) is 79.8 Å². The largest absolute Gasteiger partial charge is 0.447 e. The van der Waals surface area contributed by atoms with Gasteiger partial charge in [-0.05, 0) is 30.7 Å². The fourth-order valence-corrected chi connectivity index (χ4v) is 3.24. The molecule has 3 heterocycles. The number of rotatable bonds is 5. The zero-order valence-electron chi connectivity index (χ0n) is 15.3. The van der Waals surface area contributed by atoms with Crippen molar-refractivity contribution in [3.8, 4) is 0 Å². The minimum absolute atomic E-state index is 0.0320. The van der Waals surface area contributed by atoms with Crippen molar-refractivity contribution in [1.29, 1.82) is 0 Å². The lowest BCUT2D eigenvalue weighted by Crippen LogP contribution is -2.36. The van der Waals surface area contributed by atoms with Crippen LogP contribution >= 0.6 is 0 Å². The van der Waals surface area contributed by atoms with E-state index in [1.54, 1.807) is 12.3 Å². The van der Waals surface area contributed by atoms with Gasteiger partial charge in [-0.2, -0.15) is 4.98 Å². The molecule has 2 aromatic rings. The summed E-state index contributed by atoms with van der Waals surface area (Å²) in [5.74, 6) is 1.03. The summed E-state index contributed by atoms with van der Waals surface area (Å²) in [6.45, 7) is 6.35.